The van der Waals surface area contributed by atoms with E-state index in [1.54, 1.807) is 6.92 Å². The maximum absolute atomic E-state index is 12.4. The molecule has 0 aliphatic carbocycles. The smallest absolute Gasteiger partial charge is 0.380 e. The number of hydrogen-bond acceptors (Lipinski definition) is 5. The SMILES string of the molecule is CCC(=O)CS1(OS(=O)(=O)C(F)(F)F)CCOCC1. The topological polar surface area (TPSA) is 69.7 Å². The van der Waals surface area contributed by atoms with E-state index in [4.69, 9.17) is 4.74 Å². The molecule has 1 rings (SSSR count). The van der Waals surface area contributed by atoms with E-state index in [2.05, 4.69) is 3.63 Å². The number of carbonyl (C=O) groups is 1. The van der Waals surface area contributed by atoms with Gasteiger partial charge < -0.3 is 4.74 Å². The Morgan fingerprint density at radius 3 is 2.26 bits per heavy atom. The zero-order valence-electron chi connectivity index (χ0n) is 10.2. The van der Waals surface area contributed by atoms with Crippen LogP contribution >= 0.6 is 10.3 Å². The lowest BCUT2D eigenvalue weighted by atomic mass is 10.4. The largest absolute Gasteiger partial charge is 0.523 e. The van der Waals surface area contributed by atoms with Gasteiger partial charge in [0.15, 0.2) is 0 Å². The molecule has 1 aliphatic heterocycles. The quantitative estimate of drug-likeness (QED) is 0.718. The molecule has 1 heterocycles. The molecule has 1 aliphatic rings. The summed E-state index contributed by atoms with van der Waals surface area (Å²) in [5.41, 5.74) is -5.47. The van der Waals surface area contributed by atoms with Crippen molar-refractivity contribution in [1.29, 1.82) is 0 Å². The molecular weight excluding hydrogens is 309 g/mol. The Balaban J connectivity index is 2.95. The molecule has 0 aromatic heterocycles. The molecule has 1 saturated heterocycles. The van der Waals surface area contributed by atoms with Crippen LogP contribution in [-0.4, -0.2) is 50.2 Å². The molecule has 5 nitrogen and oxygen atoms in total. The number of alkyl halides is 3. The molecule has 1 fully saturated rings. The van der Waals surface area contributed by atoms with Crippen molar-refractivity contribution in [3.05, 3.63) is 0 Å². The van der Waals surface area contributed by atoms with Gasteiger partial charge in [-0.15, -0.1) is 10.3 Å². The molecule has 0 unspecified atom stereocenters. The molecule has 10 heteroatoms. The zero-order chi connectivity index (χ0) is 14.7. The van der Waals surface area contributed by atoms with Crippen molar-refractivity contribution in [2.24, 2.45) is 0 Å². The molecule has 0 spiro atoms. The summed E-state index contributed by atoms with van der Waals surface area (Å²) >= 11 is 0. The highest BCUT2D eigenvalue weighted by atomic mass is 32.3. The minimum absolute atomic E-state index is 0.0219. The van der Waals surface area contributed by atoms with Crippen molar-refractivity contribution in [1.82, 2.24) is 0 Å². The summed E-state index contributed by atoms with van der Waals surface area (Å²) in [7, 11) is -8.31. The van der Waals surface area contributed by atoms with Gasteiger partial charge >= 0.3 is 15.6 Å². The van der Waals surface area contributed by atoms with Crippen LogP contribution in [0, 0.1) is 0 Å². The fourth-order valence-corrected chi connectivity index (χ4v) is 6.18. The van der Waals surface area contributed by atoms with Crippen molar-refractivity contribution in [2.45, 2.75) is 18.9 Å². The van der Waals surface area contributed by atoms with Crippen LogP contribution in [0.25, 0.3) is 0 Å². The van der Waals surface area contributed by atoms with Gasteiger partial charge in [-0.05, 0) is 0 Å². The lowest BCUT2D eigenvalue weighted by Gasteiger charge is -2.40. The van der Waals surface area contributed by atoms with Crippen molar-refractivity contribution in [2.75, 3.05) is 30.5 Å². The second kappa shape index (κ2) is 5.98. The molecular formula is C9H15F3O5S2. The monoisotopic (exact) mass is 324 g/mol. The molecule has 19 heavy (non-hydrogen) atoms. The van der Waals surface area contributed by atoms with Gasteiger partial charge in [0.05, 0.1) is 19.0 Å². The van der Waals surface area contributed by atoms with Crippen LogP contribution in [-0.2, 0) is 23.3 Å². The minimum atomic E-state index is -5.68. The van der Waals surface area contributed by atoms with E-state index < -0.39 is 25.9 Å². The van der Waals surface area contributed by atoms with Crippen LogP contribution in [0.2, 0.25) is 0 Å². The predicted molar refractivity (Wildman–Crippen MR) is 64.4 cm³/mol. The van der Waals surface area contributed by atoms with Gasteiger partial charge in [0, 0.05) is 17.9 Å². The van der Waals surface area contributed by atoms with Gasteiger partial charge in [-0.1, -0.05) is 6.92 Å². The number of carbonyl (C=O) groups excluding carboxylic acids is 1. The zero-order valence-corrected chi connectivity index (χ0v) is 11.9. The average Bonchev–Trinajstić information content (AvgIpc) is 2.27. The number of hydrogen-bond donors (Lipinski definition) is 0. The van der Waals surface area contributed by atoms with E-state index in [-0.39, 0.29) is 42.7 Å². The van der Waals surface area contributed by atoms with Gasteiger partial charge in [0.1, 0.15) is 5.78 Å². The van der Waals surface area contributed by atoms with Crippen LogP contribution in [0.15, 0.2) is 0 Å². The Hall–Kier alpha value is -0.320. The molecule has 0 bridgehead atoms. The summed E-state index contributed by atoms with van der Waals surface area (Å²) in [5, 5.41) is 0. The summed E-state index contributed by atoms with van der Waals surface area (Å²) in [6.07, 6.45) is 0.130. The highest BCUT2D eigenvalue weighted by molar-refractivity contribution is 8.33. The minimum Gasteiger partial charge on any atom is -0.380 e. The second-order valence-corrected chi connectivity index (χ2v) is 8.94. The fourth-order valence-electron chi connectivity index (χ4n) is 1.49. The maximum atomic E-state index is 12.4. The Morgan fingerprint density at radius 1 is 1.32 bits per heavy atom. The lowest BCUT2D eigenvalue weighted by Crippen LogP contribution is -2.35. The van der Waals surface area contributed by atoms with E-state index in [1.807, 2.05) is 0 Å². The molecule has 114 valence electrons. The highest BCUT2D eigenvalue weighted by Crippen LogP contribution is 2.53. The van der Waals surface area contributed by atoms with Crippen molar-refractivity contribution in [3.8, 4) is 0 Å². The molecule has 0 saturated carbocycles. The number of ether oxygens (including phenoxy) is 1. The third kappa shape index (κ3) is 4.33. The third-order valence-corrected chi connectivity index (χ3v) is 7.64. The molecule has 0 N–H and O–H groups in total. The number of rotatable bonds is 5. The summed E-state index contributed by atoms with van der Waals surface area (Å²) in [5.74, 6) is -0.543. The Labute approximate surface area is 111 Å². The van der Waals surface area contributed by atoms with Crippen LogP contribution < -0.4 is 0 Å². The van der Waals surface area contributed by atoms with E-state index >= 15 is 0 Å². The highest BCUT2D eigenvalue weighted by Gasteiger charge is 2.51. The van der Waals surface area contributed by atoms with Gasteiger partial charge in [-0.2, -0.15) is 21.6 Å². The summed E-state index contributed by atoms with van der Waals surface area (Å²) in [4.78, 5) is 11.4. The van der Waals surface area contributed by atoms with E-state index in [0.717, 1.165) is 0 Å². The lowest BCUT2D eigenvalue weighted by molar-refractivity contribution is -0.116. The van der Waals surface area contributed by atoms with Gasteiger partial charge in [-0.25, -0.2) is 3.63 Å². The summed E-state index contributed by atoms with van der Waals surface area (Å²) < 4.78 is 68.7. The van der Waals surface area contributed by atoms with Gasteiger partial charge in [0.2, 0.25) is 0 Å². The molecule has 0 aromatic carbocycles. The standard InChI is InChI=1S/C9H15F3O5S2/c1-2-8(13)7-18(5-3-16-4-6-18)17-19(14,15)9(10,11)12/h2-7H2,1H3. The summed E-state index contributed by atoms with van der Waals surface area (Å²) in [6, 6.07) is 0. The third-order valence-electron chi connectivity index (χ3n) is 2.54. The van der Waals surface area contributed by atoms with Crippen LogP contribution in [0.1, 0.15) is 13.3 Å². The number of Topliss-reactive ketones (excluding diaryl/α,β-unsaturated/α-hetero) is 1. The van der Waals surface area contributed by atoms with E-state index in [0.29, 0.717) is 0 Å². The van der Waals surface area contributed by atoms with Crippen molar-refractivity contribution >= 4 is 26.2 Å². The Kier molecular flexibility index (Phi) is 5.27. The van der Waals surface area contributed by atoms with E-state index in [1.165, 1.54) is 0 Å². The molecule has 0 amide bonds. The van der Waals surface area contributed by atoms with Gasteiger partial charge in [-0.3, -0.25) is 4.79 Å². The Morgan fingerprint density at radius 2 is 1.84 bits per heavy atom. The number of ketones is 1. The molecule has 0 aromatic rings. The number of halogens is 3. The van der Waals surface area contributed by atoms with Crippen LogP contribution in [0.4, 0.5) is 13.2 Å². The van der Waals surface area contributed by atoms with Crippen LogP contribution in [0.3, 0.4) is 0 Å². The summed E-state index contributed by atoms with van der Waals surface area (Å²) in [6.45, 7) is 1.76. The fraction of sp³-hybridized carbons (Fsp3) is 0.889. The first-order chi connectivity index (χ1) is 8.62. The normalized spacial score (nSPS) is 21.9. The second-order valence-electron chi connectivity index (χ2n) is 3.99. The first kappa shape index (κ1) is 16.7. The Bertz CT molecular complexity index is 426. The van der Waals surface area contributed by atoms with Crippen molar-refractivity contribution in [3.63, 3.8) is 0 Å². The first-order valence-electron chi connectivity index (χ1n) is 5.50. The van der Waals surface area contributed by atoms with E-state index in [9.17, 15) is 26.4 Å². The molecule has 0 atom stereocenters. The average molecular weight is 324 g/mol. The van der Waals surface area contributed by atoms with Crippen molar-refractivity contribution < 1.29 is 34.7 Å². The maximum Gasteiger partial charge on any atom is 0.523 e. The van der Waals surface area contributed by atoms with Crippen LogP contribution in [0.5, 0.6) is 0 Å². The molecule has 0 radical (unpaired) electrons. The predicted octanol–water partition coefficient (Wildman–Crippen LogP) is 1.58. The van der Waals surface area contributed by atoms with Gasteiger partial charge in [0.25, 0.3) is 0 Å². The first-order valence-corrected chi connectivity index (χ1v) is 8.97.